The number of halogens is 1. The van der Waals surface area contributed by atoms with Crippen molar-refractivity contribution >= 4 is 28.8 Å². The summed E-state index contributed by atoms with van der Waals surface area (Å²) in [7, 11) is 1.59. The van der Waals surface area contributed by atoms with Crippen LogP contribution in [0.5, 0.6) is 5.75 Å². The van der Waals surface area contributed by atoms with Crippen LogP contribution >= 0.6 is 11.3 Å². The molecule has 1 N–H and O–H groups in total. The maximum Gasteiger partial charge on any atom is 0.286 e. The number of anilines is 1. The zero-order valence-electron chi connectivity index (χ0n) is 16.9. The van der Waals surface area contributed by atoms with E-state index in [0.717, 1.165) is 18.4 Å². The fourth-order valence-electron chi connectivity index (χ4n) is 3.56. The molecule has 1 aromatic heterocycles. The van der Waals surface area contributed by atoms with Crippen molar-refractivity contribution < 1.29 is 18.7 Å². The van der Waals surface area contributed by atoms with E-state index in [1.165, 1.54) is 35.6 Å². The molecule has 1 aliphatic rings. The van der Waals surface area contributed by atoms with Crippen LogP contribution in [-0.2, 0) is 11.2 Å². The average Bonchev–Trinajstić information content (AvgIpc) is 3.45. The Morgan fingerprint density at radius 3 is 2.81 bits per heavy atom. The summed E-state index contributed by atoms with van der Waals surface area (Å²) in [6.45, 7) is 0.643. The van der Waals surface area contributed by atoms with Gasteiger partial charge in [0.25, 0.3) is 5.91 Å². The van der Waals surface area contributed by atoms with Crippen LogP contribution in [-0.4, -0.2) is 40.6 Å². The number of rotatable bonds is 6. The molecule has 0 radical (unpaired) electrons. The number of nitrogens with zero attached hydrogens (tertiary/aromatic N) is 3. The number of carbonyl (C=O) groups excluding carboxylic acids is 2. The van der Waals surface area contributed by atoms with Crippen molar-refractivity contribution in [1.82, 2.24) is 15.1 Å². The molecule has 0 unspecified atom stereocenters. The minimum Gasteiger partial charge on any atom is -0.497 e. The van der Waals surface area contributed by atoms with Crippen molar-refractivity contribution in [3.8, 4) is 5.75 Å². The lowest BCUT2D eigenvalue weighted by molar-refractivity contribution is -0.131. The second-order valence-electron chi connectivity index (χ2n) is 7.18. The molecule has 4 rings (SSSR count). The summed E-state index contributed by atoms with van der Waals surface area (Å²) in [5, 5.41) is 11.7. The first-order chi connectivity index (χ1) is 15.0. The quantitative estimate of drug-likeness (QED) is 0.630. The first kappa shape index (κ1) is 20.9. The second-order valence-corrected chi connectivity index (χ2v) is 8.19. The Hall–Kier alpha value is -3.33. The largest absolute Gasteiger partial charge is 0.497 e. The lowest BCUT2D eigenvalue weighted by Gasteiger charge is -2.22. The van der Waals surface area contributed by atoms with E-state index in [4.69, 9.17) is 4.74 Å². The van der Waals surface area contributed by atoms with Gasteiger partial charge >= 0.3 is 0 Å². The molecule has 0 bridgehead atoms. The summed E-state index contributed by atoms with van der Waals surface area (Å²) < 4.78 is 18.3. The van der Waals surface area contributed by atoms with Crippen LogP contribution in [0.2, 0.25) is 0 Å². The minimum absolute atomic E-state index is 0.00302. The lowest BCUT2D eigenvalue weighted by Crippen LogP contribution is -2.31. The fourth-order valence-corrected chi connectivity index (χ4v) is 4.45. The predicted molar refractivity (Wildman–Crippen MR) is 115 cm³/mol. The Balaban J connectivity index is 1.43. The van der Waals surface area contributed by atoms with Crippen LogP contribution in [0.3, 0.4) is 0 Å². The van der Waals surface area contributed by atoms with E-state index >= 15 is 0 Å². The molecule has 0 aliphatic carbocycles. The number of benzene rings is 2. The van der Waals surface area contributed by atoms with E-state index in [0.29, 0.717) is 23.0 Å². The predicted octanol–water partition coefficient (Wildman–Crippen LogP) is 3.84. The molecule has 0 spiro atoms. The maximum absolute atomic E-state index is 13.0. The van der Waals surface area contributed by atoms with Crippen molar-refractivity contribution in [2.45, 2.75) is 25.3 Å². The highest BCUT2D eigenvalue weighted by molar-refractivity contribution is 7.13. The summed E-state index contributed by atoms with van der Waals surface area (Å²) in [5.41, 5.74) is 1.35. The van der Waals surface area contributed by atoms with E-state index in [9.17, 15) is 14.0 Å². The van der Waals surface area contributed by atoms with Gasteiger partial charge in [0, 0.05) is 12.2 Å². The van der Waals surface area contributed by atoms with E-state index < -0.39 is 5.91 Å². The number of nitrogens with one attached hydrogen (secondary N) is 1. The molecular formula is C22H21FN4O3S. The van der Waals surface area contributed by atoms with Crippen LogP contribution in [0.15, 0.2) is 48.5 Å². The summed E-state index contributed by atoms with van der Waals surface area (Å²) >= 11 is 1.17. The van der Waals surface area contributed by atoms with E-state index in [2.05, 4.69) is 15.5 Å². The molecule has 2 aromatic carbocycles. The Bertz CT molecular complexity index is 1090. The Labute approximate surface area is 182 Å². The van der Waals surface area contributed by atoms with Gasteiger partial charge in [0.15, 0.2) is 0 Å². The number of hydrogen-bond acceptors (Lipinski definition) is 6. The number of methoxy groups -OCH3 is 1. The molecule has 0 saturated carbocycles. The van der Waals surface area contributed by atoms with Crippen molar-refractivity contribution in [3.63, 3.8) is 0 Å². The third-order valence-corrected chi connectivity index (χ3v) is 6.11. The van der Waals surface area contributed by atoms with Crippen molar-refractivity contribution in [3.05, 3.63) is 69.9 Å². The molecular weight excluding hydrogens is 419 g/mol. The van der Waals surface area contributed by atoms with Crippen LogP contribution in [0.25, 0.3) is 0 Å². The molecule has 1 fully saturated rings. The topological polar surface area (TPSA) is 84.4 Å². The average molecular weight is 441 g/mol. The third kappa shape index (κ3) is 4.88. The maximum atomic E-state index is 13.0. The van der Waals surface area contributed by atoms with Gasteiger partial charge in [-0.3, -0.25) is 9.59 Å². The SMILES string of the molecule is COc1cccc(CC(=O)N2CCC[C@H]2c2nnc(C(=O)Nc3ccc(F)cc3)s2)c1. The van der Waals surface area contributed by atoms with Crippen LogP contribution in [0, 0.1) is 5.82 Å². The normalized spacial score (nSPS) is 15.7. The van der Waals surface area contributed by atoms with Crippen LogP contribution < -0.4 is 10.1 Å². The van der Waals surface area contributed by atoms with Crippen molar-refractivity contribution in [2.24, 2.45) is 0 Å². The van der Waals surface area contributed by atoms with Crippen LogP contribution in [0.4, 0.5) is 10.1 Å². The van der Waals surface area contributed by atoms with Crippen molar-refractivity contribution in [2.75, 3.05) is 19.0 Å². The molecule has 9 heteroatoms. The van der Waals surface area contributed by atoms with Crippen LogP contribution in [0.1, 0.15) is 39.3 Å². The van der Waals surface area contributed by atoms with Gasteiger partial charge in [0.1, 0.15) is 16.6 Å². The summed E-state index contributed by atoms with van der Waals surface area (Å²) in [6.07, 6.45) is 1.91. The van der Waals surface area contributed by atoms with E-state index in [1.807, 2.05) is 29.2 Å². The Morgan fingerprint density at radius 2 is 2.03 bits per heavy atom. The number of carbonyl (C=O) groups is 2. The molecule has 1 saturated heterocycles. The molecule has 7 nitrogen and oxygen atoms in total. The highest BCUT2D eigenvalue weighted by Crippen LogP contribution is 2.34. The van der Waals surface area contributed by atoms with Gasteiger partial charge in [-0.25, -0.2) is 4.39 Å². The van der Waals surface area contributed by atoms with E-state index in [1.54, 1.807) is 7.11 Å². The lowest BCUT2D eigenvalue weighted by atomic mass is 10.1. The monoisotopic (exact) mass is 440 g/mol. The van der Waals surface area contributed by atoms with Gasteiger partial charge in [-0.1, -0.05) is 23.5 Å². The molecule has 3 aromatic rings. The number of aromatic nitrogens is 2. The molecule has 1 atom stereocenters. The van der Waals surface area contributed by atoms with Gasteiger partial charge in [0.05, 0.1) is 19.6 Å². The Morgan fingerprint density at radius 1 is 1.23 bits per heavy atom. The number of hydrogen-bond donors (Lipinski definition) is 1. The molecule has 2 heterocycles. The standard InChI is InChI=1S/C22H21FN4O3S/c1-30-17-5-2-4-14(12-17)13-19(28)27-11-3-6-18(27)21-25-26-22(31-21)20(29)24-16-9-7-15(23)8-10-16/h2,4-5,7-10,12,18H,3,6,11,13H2,1H3,(H,24,29)/t18-/m0/s1. The van der Waals surface area contributed by atoms with Gasteiger partial charge in [-0.05, 0) is 54.8 Å². The van der Waals surface area contributed by atoms with Crippen molar-refractivity contribution in [1.29, 1.82) is 0 Å². The first-order valence-corrected chi connectivity index (χ1v) is 10.7. The molecule has 160 valence electrons. The minimum atomic E-state index is -0.414. The number of ether oxygens (including phenoxy) is 1. The van der Waals surface area contributed by atoms with E-state index in [-0.39, 0.29) is 29.2 Å². The molecule has 1 aliphatic heterocycles. The zero-order chi connectivity index (χ0) is 21.8. The third-order valence-electron chi connectivity index (χ3n) is 5.08. The first-order valence-electron chi connectivity index (χ1n) is 9.86. The second kappa shape index (κ2) is 9.22. The molecule has 31 heavy (non-hydrogen) atoms. The summed E-state index contributed by atoms with van der Waals surface area (Å²) in [5.74, 6) is -0.0776. The summed E-state index contributed by atoms with van der Waals surface area (Å²) in [6, 6.07) is 12.8. The number of likely N-dealkylation sites (tertiary alicyclic amines) is 1. The van der Waals surface area contributed by atoms with Gasteiger partial charge in [-0.15, -0.1) is 10.2 Å². The highest BCUT2D eigenvalue weighted by atomic mass is 32.1. The fraction of sp³-hybridized carbons (Fsp3) is 0.273. The number of amides is 2. The smallest absolute Gasteiger partial charge is 0.286 e. The zero-order valence-corrected chi connectivity index (χ0v) is 17.7. The highest BCUT2D eigenvalue weighted by Gasteiger charge is 2.33. The Kier molecular flexibility index (Phi) is 6.22. The summed E-state index contributed by atoms with van der Waals surface area (Å²) in [4.78, 5) is 27.2. The van der Waals surface area contributed by atoms with Gasteiger partial charge < -0.3 is 15.0 Å². The van der Waals surface area contributed by atoms with Gasteiger partial charge in [-0.2, -0.15) is 0 Å². The molecule has 2 amide bonds. The van der Waals surface area contributed by atoms with Gasteiger partial charge in [0.2, 0.25) is 10.9 Å².